The first-order valence-corrected chi connectivity index (χ1v) is 4.49. The average Bonchev–Trinajstić information content (AvgIpc) is 2.10. The molecule has 0 aliphatic carbocycles. The summed E-state index contributed by atoms with van der Waals surface area (Å²) >= 11 is 0. The van der Waals surface area contributed by atoms with Crippen LogP contribution in [0.25, 0.3) is 0 Å². The van der Waals surface area contributed by atoms with Crippen molar-refractivity contribution in [2.24, 2.45) is 0 Å². The van der Waals surface area contributed by atoms with E-state index in [0.29, 0.717) is 0 Å². The van der Waals surface area contributed by atoms with Gasteiger partial charge in [0.05, 0.1) is 12.2 Å². The summed E-state index contributed by atoms with van der Waals surface area (Å²) in [6, 6.07) is 0. The van der Waals surface area contributed by atoms with Crippen LogP contribution in [0.1, 0.15) is 13.3 Å². The van der Waals surface area contributed by atoms with Crippen LogP contribution in [0.4, 0.5) is 0 Å². The molecule has 0 bridgehead atoms. The number of rotatable bonds is 2. The van der Waals surface area contributed by atoms with Gasteiger partial charge in [0.1, 0.15) is 18.3 Å². The summed E-state index contributed by atoms with van der Waals surface area (Å²) in [5, 5.41) is 45.4. The van der Waals surface area contributed by atoms with Crippen LogP contribution in [0.3, 0.4) is 0 Å². The van der Waals surface area contributed by atoms with E-state index < -0.39 is 36.8 Å². The van der Waals surface area contributed by atoms with Crippen molar-refractivity contribution in [3.63, 3.8) is 0 Å². The monoisotopic (exact) mass is 208 g/mol. The Labute approximate surface area is 81.4 Å². The molecule has 1 fully saturated rings. The molecule has 1 saturated heterocycles. The molecule has 1 unspecified atom stereocenters. The summed E-state index contributed by atoms with van der Waals surface area (Å²) in [4.78, 5) is 0. The van der Waals surface area contributed by atoms with E-state index in [1.165, 1.54) is 6.92 Å². The maximum atomic E-state index is 9.42. The Balaban J connectivity index is 2.60. The van der Waals surface area contributed by atoms with E-state index in [9.17, 15) is 15.3 Å². The van der Waals surface area contributed by atoms with Crippen molar-refractivity contribution in [2.45, 2.75) is 50.2 Å². The number of hydrogen-bond donors (Lipinski definition) is 5. The Hall–Kier alpha value is -0.240. The molecule has 0 spiro atoms. The van der Waals surface area contributed by atoms with Crippen molar-refractivity contribution >= 4 is 0 Å². The van der Waals surface area contributed by atoms with Crippen molar-refractivity contribution in [3.8, 4) is 0 Å². The molecule has 84 valence electrons. The molecule has 0 amide bonds. The van der Waals surface area contributed by atoms with E-state index in [1.54, 1.807) is 0 Å². The molecule has 6 nitrogen and oxygen atoms in total. The van der Waals surface area contributed by atoms with Crippen LogP contribution in [0.5, 0.6) is 0 Å². The van der Waals surface area contributed by atoms with Crippen LogP contribution in [0.15, 0.2) is 0 Å². The standard InChI is InChI=1S/C8H16O6/c1-3-6(11)8(13)7(12)4(14-3)2-5(9)10/h3-13H,2H2,1H3/t3-,4?,6+,7+,8+/m1/s1. The lowest BCUT2D eigenvalue weighted by molar-refractivity contribution is -0.230. The van der Waals surface area contributed by atoms with Crippen molar-refractivity contribution in [3.05, 3.63) is 0 Å². The van der Waals surface area contributed by atoms with Crippen molar-refractivity contribution in [1.82, 2.24) is 0 Å². The van der Waals surface area contributed by atoms with Gasteiger partial charge in [-0.25, -0.2) is 0 Å². The second-order valence-corrected chi connectivity index (χ2v) is 3.57. The molecule has 0 radical (unpaired) electrons. The molecular weight excluding hydrogens is 192 g/mol. The minimum Gasteiger partial charge on any atom is -0.388 e. The van der Waals surface area contributed by atoms with Crippen LogP contribution >= 0.6 is 0 Å². The molecule has 0 aromatic rings. The Morgan fingerprint density at radius 3 is 2.14 bits per heavy atom. The third kappa shape index (κ3) is 2.41. The number of hydrogen-bond acceptors (Lipinski definition) is 6. The molecule has 5 atom stereocenters. The van der Waals surface area contributed by atoms with E-state index in [0.717, 1.165) is 0 Å². The molecule has 14 heavy (non-hydrogen) atoms. The zero-order chi connectivity index (χ0) is 10.9. The second-order valence-electron chi connectivity index (χ2n) is 3.57. The van der Waals surface area contributed by atoms with Crippen molar-refractivity contribution in [1.29, 1.82) is 0 Å². The van der Waals surface area contributed by atoms with Crippen LogP contribution in [-0.2, 0) is 4.74 Å². The van der Waals surface area contributed by atoms with E-state index in [-0.39, 0.29) is 6.42 Å². The third-order valence-electron chi connectivity index (χ3n) is 2.39. The summed E-state index contributed by atoms with van der Waals surface area (Å²) in [5.74, 6) is 0. The zero-order valence-corrected chi connectivity index (χ0v) is 7.82. The normalized spacial score (nSPS) is 44.4. The smallest absolute Gasteiger partial charge is 0.154 e. The van der Waals surface area contributed by atoms with Gasteiger partial charge in [-0.2, -0.15) is 0 Å². The molecule has 6 heteroatoms. The predicted molar refractivity (Wildman–Crippen MR) is 45.2 cm³/mol. The average molecular weight is 208 g/mol. The summed E-state index contributed by atoms with van der Waals surface area (Å²) < 4.78 is 5.11. The number of aliphatic hydroxyl groups excluding tert-OH is 4. The highest BCUT2D eigenvalue weighted by molar-refractivity contribution is 4.90. The lowest BCUT2D eigenvalue weighted by Crippen LogP contribution is -2.57. The molecule has 1 heterocycles. The van der Waals surface area contributed by atoms with Gasteiger partial charge < -0.3 is 30.3 Å². The predicted octanol–water partition coefficient (Wildman–Crippen LogP) is -2.44. The van der Waals surface area contributed by atoms with Gasteiger partial charge in [-0.15, -0.1) is 0 Å². The van der Waals surface area contributed by atoms with E-state index in [1.807, 2.05) is 0 Å². The molecular formula is C8H16O6. The molecule has 0 aromatic carbocycles. The molecule has 1 rings (SSSR count). The van der Waals surface area contributed by atoms with Crippen molar-refractivity contribution < 1.29 is 30.3 Å². The highest BCUT2D eigenvalue weighted by Gasteiger charge is 2.41. The Bertz CT molecular complexity index is 185. The summed E-state index contributed by atoms with van der Waals surface area (Å²) in [6.07, 6.45) is -7.10. The van der Waals surface area contributed by atoms with Gasteiger partial charge in [-0.05, 0) is 6.92 Å². The Kier molecular flexibility index (Phi) is 3.82. The highest BCUT2D eigenvalue weighted by Crippen LogP contribution is 2.23. The first kappa shape index (κ1) is 11.8. The van der Waals surface area contributed by atoms with Crippen LogP contribution in [0.2, 0.25) is 0 Å². The topological polar surface area (TPSA) is 110 Å². The molecule has 0 saturated carbocycles. The molecule has 1 aliphatic heterocycles. The fourth-order valence-corrected chi connectivity index (χ4v) is 1.54. The van der Waals surface area contributed by atoms with Gasteiger partial charge in [-0.3, -0.25) is 0 Å². The Morgan fingerprint density at radius 2 is 1.64 bits per heavy atom. The van der Waals surface area contributed by atoms with Crippen molar-refractivity contribution in [2.75, 3.05) is 0 Å². The van der Waals surface area contributed by atoms with Gasteiger partial charge in [0.25, 0.3) is 0 Å². The lowest BCUT2D eigenvalue weighted by atomic mass is 9.94. The second kappa shape index (κ2) is 4.52. The lowest BCUT2D eigenvalue weighted by Gasteiger charge is -2.39. The van der Waals surface area contributed by atoms with E-state index in [4.69, 9.17) is 14.9 Å². The van der Waals surface area contributed by atoms with E-state index in [2.05, 4.69) is 0 Å². The number of ether oxygens (including phenoxy) is 1. The SMILES string of the molecule is C[C@H]1OC(CC(O)O)[C@H](O)[C@@H](O)[C@H]1O. The van der Waals surface area contributed by atoms with Gasteiger partial charge in [0.2, 0.25) is 0 Å². The van der Waals surface area contributed by atoms with Gasteiger partial charge in [-0.1, -0.05) is 0 Å². The molecule has 1 aliphatic rings. The Morgan fingerprint density at radius 1 is 1.07 bits per heavy atom. The van der Waals surface area contributed by atoms with Crippen LogP contribution in [-0.4, -0.2) is 62.3 Å². The van der Waals surface area contributed by atoms with Gasteiger partial charge in [0, 0.05) is 6.42 Å². The minimum absolute atomic E-state index is 0.199. The van der Waals surface area contributed by atoms with Gasteiger partial charge in [0.15, 0.2) is 6.29 Å². The first-order valence-electron chi connectivity index (χ1n) is 4.49. The maximum Gasteiger partial charge on any atom is 0.154 e. The van der Waals surface area contributed by atoms with Crippen LogP contribution < -0.4 is 0 Å². The minimum atomic E-state index is -1.61. The zero-order valence-electron chi connectivity index (χ0n) is 7.82. The summed E-state index contributed by atoms with van der Waals surface area (Å²) in [5.41, 5.74) is 0. The fourth-order valence-electron chi connectivity index (χ4n) is 1.54. The summed E-state index contributed by atoms with van der Waals surface area (Å²) in [7, 11) is 0. The number of aliphatic hydroxyl groups is 5. The van der Waals surface area contributed by atoms with Gasteiger partial charge >= 0.3 is 0 Å². The molecule has 0 aromatic heterocycles. The fraction of sp³-hybridized carbons (Fsp3) is 1.00. The highest BCUT2D eigenvalue weighted by atomic mass is 16.5. The summed E-state index contributed by atoms with van der Waals surface area (Å²) in [6.45, 7) is 1.54. The third-order valence-corrected chi connectivity index (χ3v) is 2.39. The maximum absolute atomic E-state index is 9.42. The quantitative estimate of drug-likeness (QED) is 0.322. The largest absolute Gasteiger partial charge is 0.388 e. The first-order chi connectivity index (χ1) is 6.43. The van der Waals surface area contributed by atoms with Crippen LogP contribution in [0, 0.1) is 0 Å². The van der Waals surface area contributed by atoms with E-state index >= 15 is 0 Å². The molecule has 5 N–H and O–H groups in total.